The van der Waals surface area contributed by atoms with Crippen LogP contribution in [0.3, 0.4) is 0 Å². The van der Waals surface area contributed by atoms with Crippen molar-refractivity contribution in [2.75, 3.05) is 13.4 Å². The zero-order chi connectivity index (χ0) is 37.0. The number of hydrogen-bond donors (Lipinski definition) is 1. The van der Waals surface area contributed by atoms with Crippen LogP contribution in [0.4, 0.5) is 4.79 Å². The molecule has 2 atom stereocenters. The van der Waals surface area contributed by atoms with Gasteiger partial charge in [-0.15, -0.1) is 5.10 Å². The van der Waals surface area contributed by atoms with E-state index in [0.29, 0.717) is 49.4 Å². The number of aromatic amines is 1. The van der Waals surface area contributed by atoms with Crippen molar-refractivity contribution >= 4 is 32.7 Å². The summed E-state index contributed by atoms with van der Waals surface area (Å²) in [7, 11) is -4.20. The third-order valence-electron chi connectivity index (χ3n) is 9.88. The van der Waals surface area contributed by atoms with Crippen molar-refractivity contribution in [2.24, 2.45) is 0 Å². The number of aryl methyl sites for hydroxylation is 1. The van der Waals surface area contributed by atoms with Crippen molar-refractivity contribution in [3.63, 3.8) is 0 Å². The molecule has 0 saturated carbocycles. The highest BCUT2D eigenvalue weighted by atomic mass is 32.2. The Bertz CT molecular complexity index is 2520. The predicted molar refractivity (Wildman–Crippen MR) is 185 cm³/mol. The van der Waals surface area contributed by atoms with Crippen LogP contribution in [0, 0.1) is 5.21 Å². The first-order valence-corrected chi connectivity index (χ1v) is 18.8. The lowest BCUT2D eigenvalue weighted by Gasteiger charge is -2.36. The second-order valence-corrected chi connectivity index (χ2v) is 15.0. The van der Waals surface area contributed by atoms with E-state index in [1.165, 1.54) is 17.0 Å². The topological polar surface area (TPSA) is 202 Å². The maximum absolute atomic E-state index is 14.2. The summed E-state index contributed by atoms with van der Waals surface area (Å²) in [5.74, 6) is 0.507. The Morgan fingerprint density at radius 1 is 0.981 bits per heavy atom. The van der Waals surface area contributed by atoms with Gasteiger partial charge in [0.05, 0.1) is 29.4 Å². The normalized spacial score (nSPS) is 17.7. The molecule has 3 aromatic carbocycles. The fraction of sp³-hybridized carbons (Fsp3) is 0.278. The summed E-state index contributed by atoms with van der Waals surface area (Å²) in [6.07, 6.45) is 3.94. The number of hydrogen-bond acceptors (Lipinski definition) is 12. The Kier molecular flexibility index (Phi) is 8.17. The van der Waals surface area contributed by atoms with Gasteiger partial charge in [-0.25, -0.2) is 13.2 Å². The number of sulfone groups is 1. The van der Waals surface area contributed by atoms with Crippen molar-refractivity contribution < 1.29 is 41.7 Å². The molecule has 1 N–H and O–H groups in total. The van der Waals surface area contributed by atoms with E-state index in [9.17, 15) is 23.2 Å². The van der Waals surface area contributed by atoms with Gasteiger partial charge in [-0.2, -0.15) is 0 Å². The van der Waals surface area contributed by atoms with Gasteiger partial charge in [0.15, 0.2) is 11.5 Å². The molecule has 3 amide bonds. The smallest absolute Gasteiger partial charge is 0.414 e. The number of H-pyrrole nitrogens is 1. The number of aromatic nitrogens is 6. The zero-order valence-electron chi connectivity index (χ0n) is 28.5. The van der Waals surface area contributed by atoms with E-state index in [1.54, 1.807) is 34.0 Å². The summed E-state index contributed by atoms with van der Waals surface area (Å²) in [4.78, 5) is 34.3. The molecular formula is C36H32N8O9S. The van der Waals surface area contributed by atoms with Crippen molar-refractivity contribution in [1.29, 1.82) is 0 Å². The highest BCUT2D eigenvalue weighted by molar-refractivity contribution is 7.91. The Morgan fingerprint density at radius 3 is 2.67 bits per heavy atom. The number of amides is 3. The lowest BCUT2D eigenvalue weighted by Crippen LogP contribution is -2.44. The number of benzene rings is 3. The Hall–Kier alpha value is -6.43. The molecular weight excluding hydrogens is 721 g/mol. The van der Waals surface area contributed by atoms with E-state index in [-0.39, 0.29) is 35.7 Å². The summed E-state index contributed by atoms with van der Waals surface area (Å²) < 4.78 is 48.8. The van der Waals surface area contributed by atoms with E-state index in [2.05, 4.69) is 25.1 Å². The summed E-state index contributed by atoms with van der Waals surface area (Å²) >= 11 is 0. The molecule has 0 radical (unpaired) electrons. The molecule has 0 unspecified atom stereocenters. The number of nitrogens with zero attached hydrogens (tertiary/aromatic N) is 7. The first-order valence-electron chi connectivity index (χ1n) is 17.3. The van der Waals surface area contributed by atoms with Gasteiger partial charge in [0.1, 0.15) is 17.8 Å². The van der Waals surface area contributed by atoms with Crippen LogP contribution in [0.5, 0.6) is 17.4 Å². The van der Waals surface area contributed by atoms with Gasteiger partial charge in [-0.1, -0.05) is 47.7 Å². The quantitative estimate of drug-likeness (QED) is 0.108. The Balaban J connectivity index is 0.842. The summed E-state index contributed by atoms with van der Waals surface area (Å²) in [6, 6.07) is 19.3. The Morgan fingerprint density at radius 2 is 1.80 bits per heavy atom. The van der Waals surface area contributed by atoms with Crippen LogP contribution in [0.15, 0.2) is 93.5 Å². The molecule has 0 spiro atoms. The number of fused-ring (bicyclic) bond motifs is 5. The lowest BCUT2D eigenvalue weighted by molar-refractivity contribution is -0.832. The van der Waals surface area contributed by atoms with Crippen LogP contribution in [0.25, 0.3) is 10.9 Å². The van der Waals surface area contributed by atoms with Crippen LogP contribution < -0.4 is 19.1 Å². The number of urea groups is 1. The van der Waals surface area contributed by atoms with Crippen molar-refractivity contribution in [1.82, 2.24) is 34.9 Å². The van der Waals surface area contributed by atoms with Crippen LogP contribution in [0.2, 0.25) is 0 Å². The minimum absolute atomic E-state index is 0.0350. The molecule has 6 aromatic rings. The average molecular weight is 753 g/mol. The molecule has 1 saturated heterocycles. The monoisotopic (exact) mass is 752 g/mol. The van der Waals surface area contributed by atoms with Gasteiger partial charge < -0.3 is 24.4 Å². The largest absolute Gasteiger partial charge is 0.454 e. The summed E-state index contributed by atoms with van der Waals surface area (Å²) in [5.41, 5.74) is 4.06. The molecule has 54 heavy (non-hydrogen) atoms. The summed E-state index contributed by atoms with van der Waals surface area (Å²) in [5, 5.41) is 24.4. The number of unbranched alkanes of at least 4 members (excludes halogenated alkanes) is 2. The van der Waals surface area contributed by atoms with E-state index in [0.717, 1.165) is 27.7 Å². The Labute approximate surface area is 307 Å². The van der Waals surface area contributed by atoms with Gasteiger partial charge in [0, 0.05) is 29.6 Å². The molecule has 17 nitrogen and oxygen atoms in total. The molecule has 1 fully saturated rings. The molecule has 3 aliphatic heterocycles. The second kappa shape index (κ2) is 13.2. The van der Waals surface area contributed by atoms with Gasteiger partial charge >= 0.3 is 16.9 Å². The predicted octanol–water partition coefficient (Wildman–Crippen LogP) is 3.67. The molecule has 9 rings (SSSR count). The highest BCUT2D eigenvalue weighted by Crippen LogP contribution is 2.46. The molecule has 0 aliphatic carbocycles. The number of imide groups is 1. The van der Waals surface area contributed by atoms with Crippen LogP contribution in [0.1, 0.15) is 47.8 Å². The fourth-order valence-electron chi connectivity index (χ4n) is 7.35. The number of nitrogens with one attached hydrogen (secondary N) is 1. The molecule has 0 bridgehead atoms. The lowest BCUT2D eigenvalue weighted by atomic mass is 9.88. The minimum Gasteiger partial charge on any atom is -0.454 e. The molecule has 3 aromatic heterocycles. The fourth-order valence-corrected chi connectivity index (χ4v) is 8.64. The standard InChI is InChI=1S/C36H32N8O9S/c45-34-28-18-26-25-11-5-6-12-27(25)37-31(26)32(22-13-14-29-30(17-22)52-21-51-29)43(28)36(46)42(34)20-23-19-41(40-38-23)15-7-2-8-16-50-33-35(44(47)53-39-33)54(48,49)24-9-3-1-4-10-24/h1,3-6,9-14,17,19,28,32,37H,2,7-8,15-16,18,20-21H2/t28-,32+/m0/s1. The van der Waals surface area contributed by atoms with Gasteiger partial charge in [0.2, 0.25) is 6.79 Å². The number of para-hydroxylation sites is 1. The van der Waals surface area contributed by atoms with E-state index >= 15 is 0 Å². The van der Waals surface area contributed by atoms with E-state index < -0.39 is 38.9 Å². The first kappa shape index (κ1) is 33.4. The first-order chi connectivity index (χ1) is 26.3. The molecule has 18 heteroatoms. The number of ether oxygens (including phenoxy) is 3. The number of carbonyl (C=O) groups is 2. The maximum Gasteiger partial charge on any atom is 0.414 e. The number of carbonyl (C=O) groups excluding carboxylic acids is 2. The van der Waals surface area contributed by atoms with Crippen LogP contribution >= 0.6 is 0 Å². The van der Waals surface area contributed by atoms with Crippen LogP contribution in [-0.4, -0.2) is 74.7 Å². The number of rotatable bonds is 12. The zero-order valence-corrected chi connectivity index (χ0v) is 29.3. The van der Waals surface area contributed by atoms with Crippen LogP contribution in [-0.2, 0) is 34.1 Å². The SMILES string of the molecule is O=C1[C@@H]2Cc3c([nH]c4ccccc34)[C@@H](c3ccc4c(c3)OCO4)N2C(=O)N1Cc1cn(CCCCCOc2no[n+]([O-])c2S(=O)(=O)c2ccccc2)nn1. The van der Waals surface area contributed by atoms with Gasteiger partial charge in [-0.3, -0.25) is 23.9 Å². The van der Waals surface area contributed by atoms with Gasteiger partial charge in [0.25, 0.3) is 15.7 Å². The third-order valence-corrected chi connectivity index (χ3v) is 11.6. The average Bonchev–Trinajstić information content (AvgIpc) is 4.02. The summed E-state index contributed by atoms with van der Waals surface area (Å²) in [6.45, 7) is 0.671. The maximum atomic E-state index is 14.2. The molecule has 6 heterocycles. The van der Waals surface area contributed by atoms with Crippen molar-refractivity contribution in [3.05, 3.63) is 107 Å². The second-order valence-electron chi connectivity index (χ2n) is 13.2. The van der Waals surface area contributed by atoms with Gasteiger partial charge in [-0.05, 0) is 65.6 Å². The minimum atomic E-state index is -4.20. The van der Waals surface area contributed by atoms with E-state index in [1.807, 2.05) is 42.5 Å². The van der Waals surface area contributed by atoms with Crippen molar-refractivity contribution in [2.45, 2.75) is 60.8 Å². The molecule has 276 valence electrons. The molecule has 3 aliphatic rings. The highest BCUT2D eigenvalue weighted by Gasteiger charge is 2.53. The van der Waals surface area contributed by atoms with Crippen molar-refractivity contribution in [3.8, 4) is 17.4 Å². The van der Waals surface area contributed by atoms with E-state index in [4.69, 9.17) is 14.2 Å². The third kappa shape index (κ3) is 5.65.